The minimum atomic E-state index is -5.46. The van der Waals surface area contributed by atoms with E-state index in [1.54, 1.807) is 11.9 Å². The molecule has 0 saturated carbocycles. The highest BCUT2D eigenvalue weighted by atomic mass is 31.3. The van der Waals surface area contributed by atoms with Crippen LogP contribution in [-0.2, 0) is 27.1 Å². The zero-order valence-electron chi connectivity index (χ0n) is 16.9. The van der Waals surface area contributed by atoms with Crippen molar-refractivity contribution in [1.29, 1.82) is 0 Å². The summed E-state index contributed by atoms with van der Waals surface area (Å²) in [5.41, 5.74) is 5.46. The van der Waals surface area contributed by atoms with Crippen molar-refractivity contribution < 1.29 is 66.8 Å². The lowest BCUT2D eigenvalue weighted by molar-refractivity contribution is -0.0221. The molecule has 1 aromatic rings. The van der Waals surface area contributed by atoms with Gasteiger partial charge in [0.05, 0.1) is 13.3 Å². The Morgan fingerprint density at radius 2 is 1.65 bits per heavy atom. The largest absolute Gasteiger partial charge is 0.490 e. The number of rotatable bonds is 6. The maximum atomic E-state index is 11.9. The first-order valence-electron chi connectivity index (χ1n) is 8.72. The molecule has 0 radical (unpaired) electrons. The number of phosphoric acid groups is 3. The van der Waals surface area contributed by atoms with Crippen LogP contribution in [0.1, 0.15) is 0 Å². The van der Waals surface area contributed by atoms with E-state index in [4.69, 9.17) is 40.0 Å². The summed E-state index contributed by atoms with van der Waals surface area (Å²) in [4.78, 5) is 61.8. The Balaban J connectivity index is 0.000000273. The third kappa shape index (κ3) is 7.27. The highest BCUT2D eigenvalue weighted by Gasteiger charge is 2.48. The lowest BCUT2D eigenvalue weighted by atomic mass is 10.1. The minimum Gasteiger partial charge on any atom is -0.394 e. The molecule has 0 spiro atoms. The first kappa shape index (κ1) is 28.8. The van der Waals surface area contributed by atoms with Gasteiger partial charge in [0.2, 0.25) is 5.95 Å². The van der Waals surface area contributed by atoms with Crippen LogP contribution in [0.25, 0.3) is 0 Å². The zero-order chi connectivity index (χ0) is 26.2. The Hall–Kier alpha value is -1.47. The third-order valence-corrected chi connectivity index (χ3v) is 7.51. The SMILES string of the molecule is CN1CN([C@@H]2O[C@H](CO)[C@@H](O)[C@H]2O)c2nc(N)[nH]c(=O)c21.O=P(O)(O)OP(=O)(O)OP(=O)(O)O. The quantitative estimate of drug-likeness (QED) is 0.150. The zero-order valence-corrected chi connectivity index (χ0v) is 19.6. The number of hydrogen-bond donors (Lipinski definition) is 10. The van der Waals surface area contributed by atoms with Gasteiger partial charge in [-0.25, -0.2) is 13.7 Å². The molecule has 20 nitrogen and oxygen atoms in total. The fourth-order valence-electron chi connectivity index (χ4n) is 3.00. The summed E-state index contributed by atoms with van der Waals surface area (Å²) >= 11 is 0. The average molecular weight is 557 g/mol. The van der Waals surface area contributed by atoms with E-state index in [-0.39, 0.29) is 18.4 Å². The van der Waals surface area contributed by atoms with E-state index in [9.17, 15) is 28.7 Å². The van der Waals surface area contributed by atoms with E-state index in [1.807, 2.05) is 0 Å². The number of nitrogen functional groups attached to an aromatic ring is 1. The number of fused-ring (bicyclic) bond motifs is 1. The van der Waals surface area contributed by atoms with Gasteiger partial charge in [-0.1, -0.05) is 0 Å². The number of ether oxygens (including phenoxy) is 1. The standard InChI is InChI=1S/C11H17N5O5.H5O10P3/c1-15-3-16(8-5(15)9(20)14-11(12)13-8)10-7(19)6(18)4(2-17)21-10;1-11(2,3)9-13(7,8)10-12(4,5)6/h4,6-7,10,17-19H,2-3H2,1H3,(H3,12,13,14,20);(H,7,8)(H2,1,2,3)(H2,4,5,6)/t4-,6-,7-,10-;/m1./s1. The van der Waals surface area contributed by atoms with E-state index in [1.165, 1.54) is 4.90 Å². The number of aromatic amines is 1. The summed E-state index contributed by atoms with van der Waals surface area (Å²) in [6.45, 7) is -0.183. The lowest BCUT2D eigenvalue weighted by Gasteiger charge is -2.27. The van der Waals surface area contributed by atoms with Crippen molar-refractivity contribution in [3.05, 3.63) is 10.4 Å². The van der Waals surface area contributed by atoms with E-state index in [0.29, 0.717) is 5.69 Å². The number of hydrogen-bond acceptors (Lipinski definition) is 14. The Morgan fingerprint density at radius 3 is 2.09 bits per heavy atom. The number of aromatic nitrogens is 2. The van der Waals surface area contributed by atoms with Crippen LogP contribution in [0.15, 0.2) is 4.79 Å². The smallest absolute Gasteiger partial charge is 0.394 e. The number of nitrogens with one attached hydrogen (secondary N) is 1. The Labute approximate surface area is 189 Å². The van der Waals surface area contributed by atoms with Gasteiger partial charge in [-0.3, -0.25) is 9.78 Å². The van der Waals surface area contributed by atoms with Crippen molar-refractivity contribution in [2.75, 3.05) is 35.9 Å². The number of nitrogens with zero attached hydrogens (tertiary/aromatic N) is 3. The molecular weight excluding hydrogens is 535 g/mol. The van der Waals surface area contributed by atoms with Crippen LogP contribution in [0, 0.1) is 0 Å². The molecule has 1 saturated heterocycles. The summed E-state index contributed by atoms with van der Waals surface area (Å²) < 4.78 is 41.8. The molecule has 0 aromatic carbocycles. The fourth-order valence-corrected chi connectivity index (χ4v) is 5.54. The predicted octanol–water partition coefficient (Wildman–Crippen LogP) is -3.69. The first-order valence-corrected chi connectivity index (χ1v) is 13.3. The molecule has 1 fully saturated rings. The Kier molecular flexibility index (Phi) is 8.68. The minimum absolute atomic E-state index is 0.0502. The molecular formula is C11H22N5O15P3. The molecule has 0 bridgehead atoms. The average Bonchev–Trinajstić information content (AvgIpc) is 3.08. The second kappa shape index (κ2) is 10.3. The predicted molar refractivity (Wildman–Crippen MR) is 109 cm³/mol. The molecule has 1 aromatic heterocycles. The number of H-pyrrole nitrogens is 1. The number of aliphatic hydroxyl groups excluding tert-OH is 3. The van der Waals surface area contributed by atoms with Gasteiger partial charge in [-0.05, 0) is 0 Å². The maximum Gasteiger partial charge on any atom is 0.490 e. The summed E-state index contributed by atoms with van der Waals surface area (Å²) in [6.07, 6.45) is -4.26. The molecule has 3 heterocycles. The molecule has 0 unspecified atom stereocenters. The summed E-state index contributed by atoms with van der Waals surface area (Å²) in [5.74, 6) is 0.222. The fraction of sp³-hybridized carbons (Fsp3) is 0.636. The van der Waals surface area contributed by atoms with E-state index in [0.717, 1.165) is 0 Å². The van der Waals surface area contributed by atoms with Crippen molar-refractivity contribution in [2.24, 2.45) is 0 Å². The molecule has 4 atom stereocenters. The highest BCUT2D eigenvalue weighted by molar-refractivity contribution is 7.66. The van der Waals surface area contributed by atoms with Gasteiger partial charge in [0.1, 0.15) is 24.0 Å². The van der Waals surface area contributed by atoms with E-state index < -0.39 is 60.2 Å². The van der Waals surface area contributed by atoms with Crippen LogP contribution >= 0.6 is 23.5 Å². The Morgan fingerprint density at radius 1 is 1.12 bits per heavy atom. The van der Waals surface area contributed by atoms with E-state index >= 15 is 0 Å². The monoisotopic (exact) mass is 557 g/mol. The lowest BCUT2D eigenvalue weighted by Crippen LogP contribution is -2.45. The van der Waals surface area contributed by atoms with Gasteiger partial charge in [-0.15, -0.1) is 0 Å². The van der Waals surface area contributed by atoms with Crippen molar-refractivity contribution in [3.8, 4) is 0 Å². The van der Waals surface area contributed by atoms with Crippen LogP contribution < -0.4 is 21.1 Å². The molecule has 23 heteroatoms. The summed E-state index contributed by atoms with van der Waals surface area (Å²) in [6, 6.07) is 0. The van der Waals surface area contributed by atoms with Crippen molar-refractivity contribution >= 4 is 40.9 Å². The molecule has 196 valence electrons. The topological polar surface area (TPSA) is 319 Å². The summed E-state index contributed by atoms with van der Waals surface area (Å²) in [7, 11) is -14.5. The van der Waals surface area contributed by atoms with Crippen LogP contribution in [0.3, 0.4) is 0 Å². The van der Waals surface area contributed by atoms with Crippen molar-refractivity contribution in [2.45, 2.75) is 24.5 Å². The van der Waals surface area contributed by atoms with Crippen molar-refractivity contribution in [3.63, 3.8) is 0 Å². The van der Waals surface area contributed by atoms with Gasteiger partial charge in [0.25, 0.3) is 5.56 Å². The van der Waals surface area contributed by atoms with Gasteiger partial charge in [-0.2, -0.15) is 13.6 Å². The van der Waals surface area contributed by atoms with Gasteiger partial charge in [0.15, 0.2) is 12.0 Å². The van der Waals surface area contributed by atoms with Crippen LogP contribution in [0.2, 0.25) is 0 Å². The normalized spacial score (nSPS) is 25.2. The van der Waals surface area contributed by atoms with Crippen molar-refractivity contribution in [1.82, 2.24) is 9.97 Å². The van der Waals surface area contributed by atoms with Gasteiger partial charge in [0, 0.05) is 7.05 Å². The van der Waals surface area contributed by atoms with Gasteiger partial charge >= 0.3 is 23.5 Å². The number of anilines is 3. The first-order chi connectivity index (χ1) is 15.3. The third-order valence-electron chi connectivity index (χ3n) is 4.16. The van der Waals surface area contributed by atoms with Crippen LogP contribution in [0.5, 0.6) is 0 Å². The van der Waals surface area contributed by atoms with Crippen LogP contribution in [0.4, 0.5) is 17.5 Å². The van der Waals surface area contributed by atoms with E-state index in [2.05, 4.69) is 18.6 Å². The van der Waals surface area contributed by atoms with Gasteiger partial charge < -0.3 is 60.1 Å². The number of aliphatic hydroxyl groups is 3. The highest BCUT2D eigenvalue weighted by Crippen LogP contribution is 2.64. The Bertz CT molecular complexity index is 1060. The molecule has 0 amide bonds. The second-order valence-electron chi connectivity index (χ2n) is 6.77. The molecule has 11 N–H and O–H groups in total. The second-order valence-corrected chi connectivity index (χ2v) is 11.0. The van der Waals surface area contributed by atoms with Crippen LogP contribution in [-0.4, -0.2) is 94.6 Å². The molecule has 0 aliphatic carbocycles. The number of nitrogens with two attached hydrogens (primary N) is 1. The summed E-state index contributed by atoms with van der Waals surface area (Å²) in [5, 5.41) is 29.0. The molecule has 34 heavy (non-hydrogen) atoms. The maximum absolute atomic E-state index is 11.9. The molecule has 2 aliphatic heterocycles. The molecule has 2 aliphatic rings. The molecule has 3 rings (SSSR count).